The van der Waals surface area contributed by atoms with E-state index in [9.17, 15) is 8.78 Å². The molecule has 72 valence electrons. The van der Waals surface area contributed by atoms with Crippen LogP contribution in [0.25, 0.3) is 0 Å². The number of nitrogens with one attached hydrogen (secondary N) is 1. The average molecular weight is 226 g/mol. The number of rotatable bonds is 4. The van der Waals surface area contributed by atoms with Gasteiger partial charge in [-0.25, -0.2) is 8.78 Å². The number of anilines is 1. The van der Waals surface area contributed by atoms with E-state index >= 15 is 0 Å². The molecule has 0 atom stereocenters. The Morgan fingerprint density at radius 3 is 2.77 bits per heavy atom. The molecule has 0 unspecified atom stereocenters. The summed E-state index contributed by atoms with van der Waals surface area (Å²) >= 11 is 6.25. The zero-order chi connectivity index (χ0) is 9.84. The van der Waals surface area contributed by atoms with E-state index in [1.165, 1.54) is 0 Å². The summed E-state index contributed by atoms with van der Waals surface area (Å²) in [6.45, 7) is 3.71. The molecular formula is C6H6ClF2N3S. The Labute approximate surface area is 82.4 Å². The van der Waals surface area contributed by atoms with Gasteiger partial charge in [-0.05, 0) is 0 Å². The lowest BCUT2D eigenvalue weighted by Gasteiger charge is -1.96. The first-order valence-corrected chi connectivity index (χ1v) is 4.47. The van der Waals surface area contributed by atoms with Crippen LogP contribution in [-0.2, 0) is 0 Å². The lowest BCUT2D eigenvalue weighted by Crippen LogP contribution is -1.99. The molecule has 0 fully saturated rings. The van der Waals surface area contributed by atoms with Crippen molar-refractivity contribution in [3.63, 3.8) is 0 Å². The number of hydrogen-bond donors (Lipinski definition) is 1. The number of alkyl halides is 2. The van der Waals surface area contributed by atoms with Crippen molar-refractivity contribution >= 4 is 28.1 Å². The molecule has 7 heteroatoms. The van der Waals surface area contributed by atoms with E-state index in [0.29, 0.717) is 16.7 Å². The van der Waals surface area contributed by atoms with Crippen LogP contribution in [-0.4, -0.2) is 16.7 Å². The highest BCUT2D eigenvalue weighted by Crippen LogP contribution is 2.25. The van der Waals surface area contributed by atoms with E-state index in [4.69, 9.17) is 11.6 Å². The zero-order valence-electron chi connectivity index (χ0n) is 6.43. The lowest BCUT2D eigenvalue weighted by atomic mass is 10.6. The third-order valence-corrected chi connectivity index (χ3v) is 2.08. The minimum Gasteiger partial charge on any atom is -0.355 e. The Morgan fingerprint density at radius 2 is 2.31 bits per heavy atom. The molecule has 1 rings (SSSR count). The Bertz CT molecular complexity index is 302. The summed E-state index contributed by atoms with van der Waals surface area (Å²) < 4.78 is 24.0. The van der Waals surface area contributed by atoms with Gasteiger partial charge in [-0.15, -0.1) is 10.2 Å². The Morgan fingerprint density at radius 1 is 1.62 bits per heavy atom. The van der Waals surface area contributed by atoms with Crippen LogP contribution in [0.3, 0.4) is 0 Å². The maximum atomic E-state index is 12.0. The van der Waals surface area contributed by atoms with E-state index in [1.807, 2.05) is 0 Å². The molecule has 0 aliphatic heterocycles. The summed E-state index contributed by atoms with van der Waals surface area (Å²) in [4.78, 5) is 0. The van der Waals surface area contributed by atoms with Gasteiger partial charge in [-0.2, -0.15) is 0 Å². The van der Waals surface area contributed by atoms with E-state index in [0.717, 1.165) is 11.3 Å². The monoisotopic (exact) mass is 225 g/mol. The van der Waals surface area contributed by atoms with Crippen LogP contribution in [0.2, 0.25) is 0 Å². The first-order valence-electron chi connectivity index (χ1n) is 3.28. The smallest absolute Gasteiger partial charge is 0.291 e. The average Bonchev–Trinajstić information content (AvgIpc) is 2.48. The zero-order valence-corrected chi connectivity index (χ0v) is 8.00. The molecule has 0 aliphatic rings. The highest BCUT2D eigenvalue weighted by molar-refractivity contribution is 7.15. The summed E-state index contributed by atoms with van der Waals surface area (Å²) in [7, 11) is 0. The molecule has 0 spiro atoms. The standard InChI is InChI=1S/C6H6ClF2N3S/c1-3(7)2-10-6-12-11-5(13-6)4(8)9/h4H,1-2H2,(H,10,12). The topological polar surface area (TPSA) is 37.8 Å². The second kappa shape index (κ2) is 4.48. The predicted molar refractivity (Wildman–Crippen MR) is 48.3 cm³/mol. The van der Waals surface area contributed by atoms with Crippen LogP contribution in [0.1, 0.15) is 11.4 Å². The van der Waals surface area contributed by atoms with Crippen molar-refractivity contribution in [1.82, 2.24) is 10.2 Å². The van der Waals surface area contributed by atoms with Crippen molar-refractivity contribution in [1.29, 1.82) is 0 Å². The molecule has 0 bridgehead atoms. The van der Waals surface area contributed by atoms with Crippen LogP contribution in [0, 0.1) is 0 Å². The van der Waals surface area contributed by atoms with Gasteiger partial charge in [0.2, 0.25) is 5.13 Å². The number of halogens is 3. The van der Waals surface area contributed by atoms with E-state index in [2.05, 4.69) is 22.1 Å². The van der Waals surface area contributed by atoms with Gasteiger partial charge in [-0.3, -0.25) is 0 Å². The highest BCUT2D eigenvalue weighted by Gasteiger charge is 2.13. The van der Waals surface area contributed by atoms with Crippen molar-refractivity contribution in [2.45, 2.75) is 6.43 Å². The number of aromatic nitrogens is 2. The fourth-order valence-corrected chi connectivity index (χ4v) is 1.23. The summed E-state index contributed by atoms with van der Waals surface area (Å²) in [6, 6.07) is 0. The fraction of sp³-hybridized carbons (Fsp3) is 0.333. The summed E-state index contributed by atoms with van der Waals surface area (Å²) in [5.74, 6) is 0. The Kier molecular flexibility index (Phi) is 3.56. The van der Waals surface area contributed by atoms with Gasteiger partial charge in [0.15, 0.2) is 5.01 Å². The van der Waals surface area contributed by atoms with E-state index in [-0.39, 0.29) is 5.01 Å². The highest BCUT2D eigenvalue weighted by atomic mass is 35.5. The molecule has 0 amide bonds. The van der Waals surface area contributed by atoms with Crippen molar-refractivity contribution in [2.75, 3.05) is 11.9 Å². The van der Waals surface area contributed by atoms with Crippen molar-refractivity contribution < 1.29 is 8.78 Å². The van der Waals surface area contributed by atoms with Crippen LogP contribution in [0.4, 0.5) is 13.9 Å². The van der Waals surface area contributed by atoms with Gasteiger partial charge < -0.3 is 5.32 Å². The first-order chi connectivity index (χ1) is 6.09. The minimum atomic E-state index is -2.58. The summed E-state index contributed by atoms with van der Waals surface area (Å²) in [5.41, 5.74) is 0. The van der Waals surface area contributed by atoms with Gasteiger partial charge in [0.1, 0.15) is 0 Å². The molecular weight excluding hydrogens is 220 g/mol. The first kappa shape index (κ1) is 10.3. The van der Waals surface area contributed by atoms with Crippen LogP contribution < -0.4 is 5.32 Å². The second-order valence-corrected chi connectivity index (χ2v) is 3.66. The quantitative estimate of drug-likeness (QED) is 0.856. The van der Waals surface area contributed by atoms with Crippen LogP contribution in [0.15, 0.2) is 11.6 Å². The molecule has 0 aliphatic carbocycles. The molecule has 3 nitrogen and oxygen atoms in total. The maximum absolute atomic E-state index is 12.0. The SMILES string of the molecule is C=C(Cl)CNc1nnc(C(F)F)s1. The Balaban J connectivity index is 2.54. The van der Waals surface area contributed by atoms with Crippen molar-refractivity contribution in [3.8, 4) is 0 Å². The van der Waals surface area contributed by atoms with Gasteiger partial charge in [0.05, 0.1) is 6.54 Å². The summed E-state index contributed by atoms with van der Waals surface area (Å²) in [6.07, 6.45) is -2.58. The van der Waals surface area contributed by atoms with Crippen LogP contribution in [0.5, 0.6) is 0 Å². The van der Waals surface area contributed by atoms with Crippen LogP contribution >= 0.6 is 22.9 Å². The van der Waals surface area contributed by atoms with Crippen molar-refractivity contribution in [2.24, 2.45) is 0 Å². The number of hydrogen-bond acceptors (Lipinski definition) is 4. The minimum absolute atomic E-state index is 0.291. The molecule has 13 heavy (non-hydrogen) atoms. The van der Waals surface area contributed by atoms with Crippen molar-refractivity contribution in [3.05, 3.63) is 16.6 Å². The largest absolute Gasteiger partial charge is 0.355 e. The Hall–Kier alpha value is -0.750. The third kappa shape index (κ3) is 3.23. The molecule has 0 saturated carbocycles. The molecule has 1 aromatic heterocycles. The maximum Gasteiger partial charge on any atom is 0.291 e. The molecule has 1 aromatic rings. The van der Waals surface area contributed by atoms with Gasteiger partial charge in [0.25, 0.3) is 6.43 Å². The lowest BCUT2D eigenvalue weighted by molar-refractivity contribution is 0.150. The van der Waals surface area contributed by atoms with Gasteiger partial charge in [-0.1, -0.05) is 29.5 Å². The van der Waals surface area contributed by atoms with E-state index in [1.54, 1.807) is 0 Å². The van der Waals surface area contributed by atoms with Gasteiger partial charge >= 0.3 is 0 Å². The normalized spacial score (nSPS) is 10.5. The second-order valence-electron chi connectivity index (χ2n) is 2.12. The molecule has 0 radical (unpaired) electrons. The molecule has 0 aromatic carbocycles. The molecule has 0 saturated heterocycles. The fourth-order valence-electron chi connectivity index (χ4n) is 0.566. The molecule has 1 heterocycles. The third-order valence-electron chi connectivity index (χ3n) is 1.06. The number of nitrogens with zero attached hydrogens (tertiary/aromatic N) is 2. The molecule has 1 N–H and O–H groups in total. The van der Waals surface area contributed by atoms with Gasteiger partial charge in [0, 0.05) is 5.03 Å². The predicted octanol–water partition coefficient (Wildman–Crippen LogP) is 2.64. The van der Waals surface area contributed by atoms with E-state index < -0.39 is 6.43 Å². The summed E-state index contributed by atoms with van der Waals surface area (Å²) in [5, 5.41) is 9.86.